The maximum Gasteiger partial charge on any atom is 0.229 e. The Morgan fingerprint density at radius 1 is 0.921 bits per heavy atom. The van der Waals surface area contributed by atoms with E-state index < -0.39 is 10.0 Å². The molecule has 1 aliphatic carbocycles. The molecule has 1 unspecified atom stereocenters. The van der Waals surface area contributed by atoms with Gasteiger partial charge in [-0.3, -0.25) is 9.52 Å². The van der Waals surface area contributed by atoms with Crippen molar-refractivity contribution < 1.29 is 22.4 Å². The van der Waals surface area contributed by atoms with Crippen molar-refractivity contribution in [2.24, 2.45) is 17.6 Å². The third-order valence-electron chi connectivity index (χ3n) is 8.92. The van der Waals surface area contributed by atoms with Gasteiger partial charge >= 0.3 is 0 Å². The lowest BCUT2D eigenvalue weighted by molar-refractivity contribution is -0.981. The van der Waals surface area contributed by atoms with Crippen LogP contribution in [0.4, 0.5) is 5.69 Å². The first-order valence-electron chi connectivity index (χ1n) is 13.7. The molecule has 4 atom stereocenters. The first-order valence-corrected chi connectivity index (χ1v) is 15.6. The van der Waals surface area contributed by atoms with Gasteiger partial charge in [-0.15, -0.1) is 12.4 Å². The molecule has 38 heavy (non-hydrogen) atoms. The van der Waals surface area contributed by atoms with Gasteiger partial charge in [-0.25, -0.2) is 8.42 Å². The highest BCUT2D eigenvalue weighted by Gasteiger charge is 2.55. The number of halogens is 1. The van der Waals surface area contributed by atoms with Crippen molar-refractivity contribution in [2.45, 2.75) is 76.4 Å². The molecule has 2 saturated heterocycles. The fourth-order valence-corrected chi connectivity index (χ4v) is 7.82. The van der Waals surface area contributed by atoms with E-state index in [0.717, 1.165) is 41.8 Å². The summed E-state index contributed by atoms with van der Waals surface area (Å²) in [7, 11) is -3.31. The van der Waals surface area contributed by atoms with Crippen LogP contribution in [0.15, 0.2) is 48.5 Å². The minimum absolute atomic E-state index is 0. The maximum absolute atomic E-state index is 12.1. The molecule has 9 heteroatoms. The first kappa shape index (κ1) is 28.7. The van der Waals surface area contributed by atoms with Crippen LogP contribution in [0.25, 0.3) is 0 Å². The summed E-state index contributed by atoms with van der Waals surface area (Å²) < 4.78 is 32.4. The van der Waals surface area contributed by atoms with Crippen molar-refractivity contribution in [2.75, 3.05) is 17.5 Å². The van der Waals surface area contributed by atoms with E-state index in [0.29, 0.717) is 23.5 Å². The number of ether oxygens (including phenoxy) is 1. The normalized spacial score (nSPS) is 27.3. The van der Waals surface area contributed by atoms with Crippen molar-refractivity contribution in [3.63, 3.8) is 0 Å². The van der Waals surface area contributed by atoms with Gasteiger partial charge in [0.25, 0.3) is 0 Å². The zero-order valence-corrected chi connectivity index (χ0v) is 23.8. The summed E-state index contributed by atoms with van der Waals surface area (Å²) in [5.74, 6) is 2.10. The molecule has 3 N–H and O–H groups in total. The highest BCUT2D eigenvalue weighted by molar-refractivity contribution is 7.92. The maximum atomic E-state index is 12.1. The number of carbonyl (C=O) groups excluding carboxylic acids is 1. The van der Waals surface area contributed by atoms with Gasteiger partial charge in [-0.1, -0.05) is 19.3 Å². The Bertz CT molecular complexity index is 1180. The largest absolute Gasteiger partial charge is 0.457 e. The second-order valence-corrected chi connectivity index (χ2v) is 13.3. The van der Waals surface area contributed by atoms with Crippen molar-refractivity contribution in [1.29, 1.82) is 0 Å². The van der Waals surface area contributed by atoms with Gasteiger partial charge in [0, 0.05) is 48.8 Å². The average molecular weight is 563 g/mol. The van der Waals surface area contributed by atoms with E-state index >= 15 is 0 Å². The van der Waals surface area contributed by atoms with Gasteiger partial charge in [-0.05, 0) is 61.4 Å². The quantitative estimate of drug-likeness (QED) is 0.389. The predicted octanol–water partition coefficient (Wildman–Crippen LogP) is 5.60. The van der Waals surface area contributed by atoms with Gasteiger partial charge < -0.3 is 15.0 Å². The number of hydrogen-bond donors (Lipinski definition) is 2. The van der Waals surface area contributed by atoms with Gasteiger partial charge in [0.15, 0.2) is 0 Å². The smallest absolute Gasteiger partial charge is 0.229 e. The van der Waals surface area contributed by atoms with Crippen LogP contribution in [-0.4, -0.2) is 43.7 Å². The number of carbonyl (C=O) groups is 1. The van der Waals surface area contributed by atoms with E-state index in [-0.39, 0.29) is 24.2 Å². The molecule has 1 amide bonds. The predicted molar refractivity (Wildman–Crippen MR) is 153 cm³/mol. The first-order chi connectivity index (χ1) is 17.7. The molecule has 1 saturated carbocycles. The Kier molecular flexibility index (Phi) is 8.95. The topological polar surface area (TPSA) is 98.5 Å². The fourth-order valence-electron chi connectivity index (χ4n) is 7.25. The van der Waals surface area contributed by atoms with E-state index in [1.54, 1.807) is 24.3 Å². The SMILES string of the molecule is CS(=O)(=O)Nc1ccc(Oc2ccc(C[N+]3(CC4CCCCC4)[C@@H]4CC[C@H]3C[C@@H](C(N)=O)C4)cc2)cc1.Cl. The number of anilines is 1. The van der Waals surface area contributed by atoms with Crippen molar-refractivity contribution in [3.8, 4) is 11.5 Å². The van der Waals surface area contributed by atoms with E-state index in [9.17, 15) is 13.2 Å². The minimum atomic E-state index is -3.31. The summed E-state index contributed by atoms with van der Waals surface area (Å²) in [6.45, 7) is 2.23. The van der Waals surface area contributed by atoms with Crippen molar-refractivity contribution >= 4 is 34.0 Å². The molecule has 0 aromatic heterocycles. The summed E-state index contributed by atoms with van der Waals surface area (Å²) in [4.78, 5) is 12.1. The summed E-state index contributed by atoms with van der Waals surface area (Å²) in [5, 5.41) is 0. The molecule has 5 rings (SSSR count). The summed E-state index contributed by atoms with van der Waals surface area (Å²) in [5.41, 5.74) is 7.59. The number of piperidine rings is 1. The Labute approximate surface area is 233 Å². The second kappa shape index (κ2) is 11.8. The number of hydrogen-bond acceptors (Lipinski definition) is 4. The molecule has 3 aliphatic rings. The zero-order chi connectivity index (χ0) is 26.0. The fraction of sp³-hybridized carbons (Fsp3) is 0.552. The Morgan fingerprint density at radius 2 is 1.47 bits per heavy atom. The molecule has 3 fully saturated rings. The molecule has 2 heterocycles. The Morgan fingerprint density at radius 3 is 2.00 bits per heavy atom. The Hall–Kier alpha value is -2.29. The number of rotatable bonds is 9. The standard InChI is InChI=1S/C29H39N3O4S.ClH/c1-37(34,35)31-24-9-15-28(16-10-24)36-27-13-7-22(8-14-27)20-32(19-21-5-3-2-4-6-21)25-11-12-26(32)18-23(17-25)29(30)33;/h7-10,13-16,21,23,25-26,31H,2-6,11-12,17-20H2,1H3,(H-,30,33);1H/p+1/t23-,25+,26-,32?;. The molecule has 2 aromatic rings. The van der Waals surface area contributed by atoms with Crippen LogP contribution >= 0.6 is 12.4 Å². The van der Waals surface area contributed by atoms with Crippen molar-refractivity contribution in [3.05, 3.63) is 54.1 Å². The van der Waals surface area contributed by atoms with Crippen LogP contribution in [0.3, 0.4) is 0 Å². The van der Waals surface area contributed by atoms with Gasteiger partial charge in [0.05, 0.1) is 24.9 Å². The number of quaternary nitrogens is 1. The molecular formula is C29H41ClN3O4S+. The van der Waals surface area contributed by atoms with E-state index in [4.69, 9.17) is 10.5 Å². The zero-order valence-electron chi connectivity index (χ0n) is 22.2. The number of amides is 1. The molecular weight excluding hydrogens is 522 g/mol. The molecule has 208 valence electrons. The number of benzene rings is 2. The Balaban J connectivity index is 0.00000336. The van der Waals surface area contributed by atoms with E-state index in [1.165, 1.54) is 57.1 Å². The summed E-state index contributed by atoms with van der Waals surface area (Å²) in [6, 6.07) is 16.3. The lowest BCUT2D eigenvalue weighted by Crippen LogP contribution is -2.62. The lowest BCUT2D eigenvalue weighted by atomic mass is 9.83. The third kappa shape index (κ3) is 6.64. The van der Waals surface area contributed by atoms with Crippen LogP contribution in [-0.2, 0) is 21.4 Å². The molecule has 7 nitrogen and oxygen atoms in total. The van der Waals surface area contributed by atoms with Crippen LogP contribution in [0.2, 0.25) is 0 Å². The highest BCUT2D eigenvalue weighted by atomic mass is 35.5. The number of sulfonamides is 1. The monoisotopic (exact) mass is 562 g/mol. The van der Waals surface area contributed by atoms with E-state index in [2.05, 4.69) is 16.9 Å². The van der Waals surface area contributed by atoms with Gasteiger partial charge in [0.1, 0.15) is 18.0 Å². The van der Waals surface area contributed by atoms with Gasteiger partial charge in [-0.2, -0.15) is 0 Å². The van der Waals surface area contributed by atoms with Crippen LogP contribution in [0.1, 0.15) is 63.4 Å². The van der Waals surface area contributed by atoms with Crippen LogP contribution < -0.4 is 15.2 Å². The number of nitrogens with one attached hydrogen (secondary N) is 1. The van der Waals surface area contributed by atoms with Gasteiger partial charge in [0.2, 0.25) is 15.9 Å². The minimum Gasteiger partial charge on any atom is -0.457 e. The molecule has 2 bridgehead atoms. The number of fused-ring (bicyclic) bond motifs is 2. The highest BCUT2D eigenvalue weighted by Crippen LogP contribution is 2.48. The van der Waals surface area contributed by atoms with Crippen LogP contribution in [0.5, 0.6) is 11.5 Å². The molecule has 2 aliphatic heterocycles. The second-order valence-electron chi connectivity index (χ2n) is 11.5. The molecule has 0 radical (unpaired) electrons. The molecule has 0 spiro atoms. The summed E-state index contributed by atoms with van der Waals surface area (Å²) >= 11 is 0. The molecule has 2 aromatic carbocycles. The average Bonchev–Trinajstić information content (AvgIpc) is 3.02. The number of nitrogens with zero attached hydrogens (tertiary/aromatic N) is 1. The van der Waals surface area contributed by atoms with E-state index in [1.807, 2.05) is 12.1 Å². The van der Waals surface area contributed by atoms with Crippen LogP contribution in [0, 0.1) is 11.8 Å². The third-order valence-corrected chi connectivity index (χ3v) is 9.53. The van der Waals surface area contributed by atoms with Crippen molar-refractivity contribution in [1.82, 2.24) is 0 Å². The summed E-state index contributed by atoms with van der Waals surface area (Å²) in [6.07, 6.45) is 12.1. The number of nitrogens with two attached hydrogens (primary N) is 1. The number of primary amides is 1. The lowest BCUT2D eigenvalue weighted by Gasteiger charge is -2.51.